The third-order valence-corrected chi connectivity index (χ3v) is 2.10. The molecule has 11 heavy (non-hydrogen) atoms. The van der Waals surface area contributed by atoms with E-state index in [0.29, 0.717) is 0 Å². The van der Waals surface area contributed by atoms with Gasteiger partial charge < -0.3 is 4.74 Å². The van der Waals surface area contributed by atoms with E-state index in [9.17, 15) is 9.59 Å². The first-order chi connectivity index (χ1) is 5.04. The fraction of sp³-hybridized carbons (Fsp3) is 0.667. The van der Waals surface area contributed by atoms with Crippen molar-refractivity contribution in [1.29, 1.82) is 0 Å². The molecule has 1 aliphatic rings. The van der Waals surface area contributed by atoms with Gasteiger partial charge >= 0.3 is 12.1 Å². The number of hydrogen-bond acceptors (Lipinski definition) is 3. The summed E-state index contributed by atoms with van der Waals surface area (Å²) in [4.78, 5) is 21.7. The van der Waals surface area contributed by atoms with Crippen molar-refractivity contribution in [3.8, 4) is 0 Å². The smallest absolute Gasteiger partial charge is 0.374 e. The Kier molecular flexibility index (Phi) is 2.14. The molecule has 0 bridgehead atoms. The number of carbonyl (C=O) groups is 2. The highest BCUT2D eigenvalue weighted by molar-refractivity contribution is 7.14. The predicted molar refractivity (Wildman–Crippen MR) is 41.7 cm³/mol. The van der Waals surface area contributed by atoms with Gasteiger partial charge in [-0.25, -0.2) is 9.59 Å². The lowest BCUT2D eigenvalue weighted by Crippen LogP contribution is -2.31. The molecule has 2 atom stereocenters. The molecular weight excluding hydrogens is 165 g/mol. The summed E-state index contributed by atoms with van der Waals surface area (Å²) in [6.07, 6.45) is -0.585. The zero-order valence-corrected chi connectivity index (χ0v) is 7.56. The standard InChI is InChI=1S/C6H10NO3P/c1-3(2)4-5(8)10-6(9)7(4)11/h3-4H,11H2,1-2H3. The van der Waals surface area contributed by atoms with Crippen LogP contribution in [0.2, 0.25) is 0 Å². The van der Waals surface area contributed by atoms with E-state index >= 15 is 0 Å². The first-order valence-corrected chi connectivity index (χ1v) is 3.85. The van der Waals surface area contributed by atoms with Crippen molar-refractivity contribution in [2.24, 2.45) is 5.92 Å². The van der Waals surface area contributed by atoms with Gasteiger partial charge in [0.05, 0.1) is 0 Å². The Labute approximate surface area is 67.1 Å². The van der Waals surface area contributed by atoms with Gasteiger partial charge in [0, 0.05) is 0 Å². The zero-order valence-electron chi connectivity index (χ0n) is 6.40. The topological polar surface area (TPSA) is 46.6 Å². The number of cyclic esters (lactones) is 2. The second-order valence-electron chi connectivity index (χ2n) is 2.78. The van der Waals surface area contributed by atoms with Crippen molar-refractivity contribution in [3.63, 3.8) is 0 Å². The molecule has 1 saturated heterocycles. The van der Waals surface area contributed by atoms with Crippen LogP contribution in [0.5, 0.6) is 0 Å². The lowest BCUT2D eigenvalue weighted by molar-refractivity contribution is -0.136. The predicted octanol–water partition coefficient (Wildman–Crippen LogP) is 0.780. The summed E-state index contributed by atoms with van der Waals surface area (Å²) in [5.41, 5.74) is 0. The van der Waals surface area contributed by atoms with Crippen molar-refractivity contribution in [1.82, 2.24) is 4.67 Å². The highest BCUT2D eigenvalue weighted by Gasteiger charge is 2.40. The lowest BCUT2D eigenvalue weighted by Gasteiger charge is -2.16. The molecule has 1 rings (SSSR count). The van der Waals surface area contributed by atoms with Gasteiger partial charge in [-0.1, -0.05) is 13.8 Å². The molecule has 0 aromatic rings. The van der Waals surface area contributed by atoms with Crippen molar-refractivity contribution < 1.29 is 14.3 Å². The van der Waals surface area contributed by atoms with E-state index in [4.69, 9.17) is 0 Å². The van der Waals surface area contributed by atoms with Crippen LogP contribution in [0.15, 0.2) is 0 Å². The molecule has 0 spiro atoms. The molecule has 0 N–H and O–H groups in total. The second-order valence-corrected chi connectivity index (χ2v) is 3.34. The molecular formula is C6H10NO3P. The number of esters is 1. The molecule has 0 aromatic carbocycles. The van der Waals surface area contributed by atoms with Crippen LogP contribution in [0.1, 0.15) is 13.8 Å². The first kappa shape index (κ1) is 8.47. The van der Waals surface area contributed by atoms with Crippen molar-refractivity contribution in [2.75, 3.05) is 0 Å². The Morgan fingerprint density at radius 3 is 2.27 bits per heavy atom. The summed E-state index contributed by atoms with van der Waals surface area (Å²) in [7, 11) is 2.18. The molecule has 4 nitrogen and oxygen atoms in total. The molecule has 1 fully saturated rings. The maximum atomic E-state index is 10.9. The number of hydrogen-bond donors (Lipinski definition) is 0. The van der Waals surface area contributed by atoms with E-state index in [2.05, 4.69) is 14.1 Å². The summed E-state index contributed by atoms with van der Waals surface area (Å²) in [5.74, 6) is -0.369. The number of ether oxygens (including phenoxy) is 1. The van der Waals surface area contributed by atoms with Crippen LogP contribution in [-0.4, -0.2) is 22.8 Å². The van der Waals surface area contributed by atoms with E-state index < -0.39 is 18.1 Å². The maximum Gasteiger partial charge on any atom is 0.421 e. The van der Waals surface area contributed by atoms with E-state index in [0.717, 1.165) is 0 Å². The normalized spacial score (nSPS) is 24.7. The Hall–Kier alpha value is -0.630. The fourth-order valence-corrected chi connectivity index (χ4v) is 1.54. The molecule has 62 valence electrons. The zero-order chi connectivity index (χ0) is 8.59. The van der Waals surface area contributed by atoms with Gasteiger partial charge in [-0.3, -0.25) is 4.67 Å². The summed E-state index contributed by atoms with van der Waals surface area (Å²) in [6, 6.07) is -0.438. The van der Waals surface area contributed by atoms with Crippen LogP contribution in [0.25, 0.3) is 0 Å². The molecule has 0 radical (unpaired) electrons. The summed E-state index contributed by atoms with van der Waals surface area (Å²) >= 11 is 0. The minimum atomic E-state index is -0.585. The number of carbonyl (C=O) groups excluding carboxylic acids is 2. The molecule has 5 heteroatoms. The molecule has 0 saturated carbocycles. The van der Waals surface area contributed by atoms with Crippen LogP contribution >= 0.6 is 9.39 Å². The summed E-state index contributed by atoms with van der Waals surface area (Å²) in [5, 5.41) is 0. The van der Waals surface area contributed by atoms with Gasteiger partial charge in [-0.15, -0.1) is 0 Å². The number of nitrogens with zero attached hydrogens (tertiary/aromatic N) is 1. The fourth-order valence-electron chi connectivity index (χ4n) is 1.02. The average molecular weight is 175 g/mol. The van der Waals surface area contributed by atoms with Crippen molar-refractivity contribution >= 4 is 21.5 Å². The maximum absolute atomic E-state index is 10.9. The molecule has 1 aliphatic heterocycles. The van der Waals surface area contributed by atoms with Crippen LogP contribution in [0.3, 0.4) is 0 Å². The Bertz CT molecular complexity index is 204. The molecule has 1 heterocycles. The Morgan fingerprint density at radius 1 is 1.55 bits per heavy atom. The van der Waals surface area contributed by atoms with E-state index in [1.165, 1.54) is 4.67 Å². The molecule has 0 aliphatic carbocycles. The minimum Gasteiger partial charge on any atom is -0.374 e. The lowest BCUT2D eigenvalue weighted by atomic mass is 10.1. The van der Waals surface area contributed by atoms with Crippen molar-refractivity contribution in [3.05, 3.63) is 0 Å². The molecule has 2 unspecified atom stereocenters. The number of rotatable bonds is 1. The highest BCUT2D eigenvalue weighted by Crippen LogP contribution is 2.23. The SMILES string of the molecule is CC(C)C1C(=O)OC(=O)N1P. The Balaban J connectivity index is 2.79. The van der Waals surface area contributed by atoms with Crippen LogP contribution in [-0.2, 0) is 9.53 Å². The van der Waals surface area contributed by atoms with Crippen LogP contribution < -0.4 is 0 Å². The van der Waals surface area contributed by atoms with Gasteiger partial charge in [-0.05, 0) is 15.3 Å². The third-order valence-electron chi connectivity index (χ3n) is 1.57. The average Bonchev–Trinajstić information content (AvgIpc) is 2.07. The van der Waals surface area contributed by atoms with Crippen molar-refractivity contribution in [2.45, 2.75) is 19.9 Å². The summed E-state index contributed by atoms with van der Waals surface area (Å²) in [6.45, 7) is 3.73. The molecule has 1 amide bonds. The first-order valence-electron chi connectivity index (χ1n) is 3.33. The largest absolute Gasteiger partial charge is 0.421 e. The van der Waals surface area contributed by atoms with E-state index in [1.54, 1.807) is 0 Å². The van der Waals surface area contributed by atoms with Crippen LogP contribution in [0.4, 0.5) is 4.79 Å². The van der Waals surface area contributed by atoms with Crippen LogP contribution in [0, 0.1) is 5.92 Å². The third kappa shape index (κ3) is 1.36. The van der Waals surface area contributed by atoms with E-state index in [-0.39, 0.29) is 5.92 Å². The van der Waals surface area contributed by atoms with Gasteiger partial charge in [-0.2, -0.15) is 0 Å². The number of amides is 1. The van der Waals surface area contributed by atoms with Gasteiger partial charge in [0.15, 0.2) is 0 Å². The van der Waals surface area contributed by atoms with Gasteiger partial charge in [0.25, 0.3) is 0 Å². The van der Waals surface area contributed by atoms with E-state index in [1.807, 2.05) is 13.8 Å². The summed E-state index contributed by atoms with van der Waals surface area (Å²) < 4.78 is 5.62. The molecule has 0 aromatic heterocycles. The monoisotopic (exact) mass is 175 g/mol. The minimum absolute atomic E-state index is 0.0893. The van der Waals surface area contributed by atoms with Gasteiger partial charge in [0.1, 0.15) is 6.04 Å². The van der Waals surface area contributed by atoms with Gasteiger partial charge in [0.2, 0.25) is 0 Å². The second kappa shape index (κ2) is 2.78. The quantitative estimate of drug-likeness (QED) is 0.336. The highest BCUT2D eigenvalue weighted by atomic mass is 31.0. The Morgan fingerprint density at radius 2 is 2.09 bits per heavy atom.